The maximum atomic E-state index is 9.60. The van der Waals surface area contributed by atoms with E-state index in [4.69, 9.17) is 15.5 Å². The van der Waals surface area contributed by atoms with Crippen molar-refractivity contribution < 1.29 is 0 Å². The molecule has 5 aromatic rings. The summed E-state index contributed by atoms with van der Waals surface area (Å²) in [5.41, 5.74) is 7.55. The van der Waals surface area contributed by atoms with Gasteiger partial charge in [-0.2, -0.15) is 15.8 Å². The molecule has 0 unspecified atom stereocenters. The zero-order chi connectivity index (χ0) is 22.8. The molecule has 0 radical (unpaired) electrons. The minimum Gasteiger partial charge on any atom is -0.236 e. The van der Waals surface area contributed by atoms with Crippen LogP contribution >= 0.6 is 11.3 Å². The van der Waals surface area contributed by atoms with Crippen molar-refractivity contribution in [3.8, 4) is 51.0 Å². The van der Waals surface area contributed by atoms with E-state index in [1.165, 1.54) is 11.3 Å². The summed E-state index contributed by atoms with van der Waals surface area (Å²) < 4.78 is 0.944. The molecule has 4 nitrogen and oxygen atoms in total. The first-order chi connectivity index (χ1) is 16.2. The Morgan fingerprint density at radius 1 is 0.515 bits per heavy atom. The van der Waals surface area contributed by atoms with Crippen molar-refractivity contribution in [1.29, 1.82) is 15.8 Å². The Balaban J connectivity index is 1.53. The summed E-state index contributed by atoms with van der Waals surface area (Å²) in [5.74, 6) is 0. The van der Waals surface area contributed by atoms with Gasteiger partial charge < -0.3 is 0 Å². The highest BCUT2D eigenvalue weighted by molar-refractivity contribution is 7.21. The van der Waals surface area contributed by atoms with Gasteiger partial charge in [-0.15, -0.1) is 11.3 Å². The molecule has 1 heterocycles. The summed E-state index contributed by atoms with van der Waals surface area (Å²) in [6.07, 6.45) is 0. The van der Waals surface area contributed by atoms with Crippen LogP contribution in [0.4, 0.5) is 0 Å². The fourth-order valence-electron chi connectivity index (χ4n) is 3.69. The zero-order valence-electron chi connectivity index (χ0n) is 17.3. The van der Waals surface area contributed by atoms with Crippen molar-refractivity contribution in [2.75, 3.05) is 0 Å². The number of nitrogens with zero attached hydrogens (tertiary/aromatic N) is 4. The second-order valence-corrected chi connectivity index (χ2v) is 8.52. The molecule has 0 saturated heterocycles. The summed E-state index contributed by atoms with van der Waals surface area (Å²) in [6, 6.07) is 33.4. The van der Waals surface area contributed by atoms with Gasteiger partial charge in [0.1, 0.15) is 5.01 Å². The predicted octanol–water partition coefficient (Wildman–Crippen LogP) is 6.91. The van der Waals surface area contributed by atoms with Crippen molar-refractivity contribution in [2.24, 2.45) is 0 Å². The third-order valence-electron chi connectivity index (χ3n) is 5.39. The van der Waals surface area contributed by atoms with E-state index in [1.54, 1.807) is 6.07 Å². The van der Waals surface area contributed by atoms with Crippen LogP contribution in [-0.4, -0.2) is 4.98 Å². The van der Waals surface area contributed by atoms with E-state index < -0.39 is 0 Å². The lowest BCUT2D eigenvalue weighted by Crippen LogP contribution is -1.86. The van der Waals surface area contributed by atoms with Crippen LogP contribution < -0.4 is 0 Å². The Labute approximate surface area is 194 Å². The molecule has 0 atom stereocenters. The topological polar surface area (TPSA) is 84.3 Å². The second-order valence-electron chi connectivity index (χ2n) is 7.49. The molecule has 0 fully saturated rings. The van der Waals surface area contributed by atoms with Crippen molar-refractivity contribution in [2.45, 2.75) is 0 Å². The smallest absolute Gasteiger partial charge is 0.124 e. The fraction of sp³-hybridized carbons (Fsp3) is 0. The minimum atomic E-state index is 0.565. The summed E-state index contributed by atoms with van der Waals surface area (Å²) in [5, 5.41) is 28.5. The molecule has 152 valence electrons. The molecule has 0 aliphatic carbocycles. The molecule has 0 aliphatic heterocycles. The average Bonchev–Trinajstić information content (AvgIpc) is 3.32. The van der Waals surface area contributed by atoms with Crippen LogP contribution in [0.25, 0.3) is 43.0 Å². The number of benzene rings is 4. The Bertz CT molecular complexity index is 1620. The number of hydrogen-bond donors (Lipinski definition) is 0. The molecule has 5 heteroatoms. The Morgan fingerprint density at radius 2 is 1.06 bits per heavy atom. The number of rotatable bonds is 3. The quantitative estimate of drug-likeness (QED) is 0.306. The SMILES string of the molecule is N#Cc1ccc(-c2ccc(-c3cc(C#N)cc(-c4nc5ccc(C#N)cc5s4)c3)cc2)cc1. The third kappa shape index (κ3) is 3.95. The molecule has 1 aromatic heterocycles. The van der Waals surface area contributed by atoms with Crippen LogP contribution in [0.3, 0.4) is 0 Å². The molecule has 0 spiro atoms. The third-order valence-corrected chi connectivity index (χ3v) is 6.46. The molecular formula is C28H14N4S. The molecule has 5 rings (SSSR count). The molecule has 0 aliphatic rings. The summed E-state index contributed by atoms with van der Waals surface area (Å²) in [4.78, 5) is 4.71. The zero-order valence-corrected chi connectivity index (χ0v) is 18.1. The number of nitriles is 3. The van der Waals surface area contributed by atoms with E-state index in [2.05, 4.69) is 18.2 Å². The monoisotopic (exact) mass is 438 g/mol. The minimum absolute atomic E-state index is 0.565. The van der Waals surface area contributed by atoms with Crippen LogP contribution in [0.2, 0.25) is 0 Å². The molecular weight excluding hydrogens is 424 g/mol. The lowest BCUT2D eigenvalue weighted by Gasteiger charge is -2.08. The van der Waals surface area contributed by atoms with Crippen LogP contribution in [-0.2, 0) is 0 Å². The lowest BCUT2D eigenvalue weighted by molar-refractivity contribution is 1.44. The molecule has 0 saturated carbocycles. The van der Waals surface area contributed by atoms with Crippen LogP contribution in [0.5, 0.6) is 0 Å². The normalized spacial score (nSPS) is 10.3. The van der Waals surface area contributed by atoms with Gasteiger partial charge in [-0.25, -0.2) is 4.98 Å². The van der Waals surface area contributed by atoms with Gasteiger partial charge in [0.05, 0.1) is 45.1 Å². The summed E-state index contributed by atoms with van der Waals surface area (Å²) >= 11 is 1.51. The molecule has 4 aromatic carbocycles. The van der Waals surface area contributed by atoms with E-state index in [0.29, 0.717) is 16.7 Å². The predicted molar refractivity (Wildman–Crippen MR) is 130 cm³/mol. The van der Waals surface area contributed by atoms with Crippen molar-refractivity contribution >= 4 is 21.6 Å². The molecule has 33 heavy (non-hydrogen) atoms. The van der Waals surface area contributed by atoms with Crippen molar-refractivity contribution in [3.05, 3.63) is 102 Å². The van der Waals surface area contributed by atoms with E-state index >= 15 is 0 Å². The Kier molecular flexibility index (Phi) is 5.13. The largest absolute Gasteiger partial charge is 0.236 e. The number of aromatic nitrogens is 1. The van der Waals surface area contributed by atoms with E-state index in [0.717, 1.165) is 43.0 Å². The van der Waals surface area contributed by atoms with Crippen LogP contribution in [0.15, 0.2) is 84.9 Å². The highest BCUT2D eigenvalue weighted by Gasteiger charge is 2.11. The van der Waals surface area contributed by atoms with Gasteiger partial charge >= 0.3 is 0 Å². The van der Waals surface area contributed by atoms with E-state index in [9.17, 15) is 5.26 Å². The number of thiazole rings is 1. The summed E-state index contributed by atoms with van der Waals surface area (Å²) in [6.45, 7) is 0. The lowest BCUT2D eigenvalue weighted by atomic mass is 9.97. The van der Waals surface area contributed by atoms with Gasteiger partial charge in [-0.1, -0.05) is 36.4 Å². The van der Waals surface area contributed by atoms with Gasteiger partial charge in [0, 0.05) is 5.56 Å². The Hall–Kier alpha value is -4.76. The molecule has 0 amide bonds. The first-order valence-electron chi connectivity index (χ1n) is 10.1. The second kappa shape index (κ2) is 8.40. The van der Waals surface area contributed by atoms with Gasteiger partial charge in [0.2, 0.25) is 0 Å². The van der Waals surface area contributed by atoms with E-state index in [-0.39, 0.29) is 0 Å². The van der Waals surface area contributed by atoms with Crippen LogP contribution in [0.1, 0.15) is 16.7 Å². The number of hydrogen-bond acceptors (Lipinski definition) is 5. The maximum absolute atomic E-state index is 9.60. The highest BCUT2D eigenvalue weighted by Crippen LogP contribution is 2.34. The average molecular weight is 439 g/mol. The first-order valence-corrected chi connectivity index (χ1v) is 11.0. The van der Waals surface area contributed by atoms with Crippen molar-refractivity contribution in [3.63, 3.8) is 0 Å². The molecule has 0 N–H and O–H groups in total. The van der Waals surface area contributed by atoms with Gasteiger partial charge in [-0.3, -0.25) is 0 Å². The van der Waals surface area contributed by atoms with Crippen LogP contribution in [0, 0.1) is 34.0 Å². The van der Waals surface area contributed by atoms with Gasteiger partial charge in [-0.05, 0) is 70.8 Å². The van der Waals surface area contributed by atoms with E-state index in [1.807, 2.05) is 78.9 Å². The Morgan fingerprint density at radius 3 is 1.70 bits per heavy atom. The van der Waals surface area contributed by atoms with Crippen molar-refractivity contribution in [1.82, 2.24) is 4.98 Å². The standard InChI is InChI=1S/C28H14N4S/c29-15-18-1-4-21(5-2-18)22-6-8-23(9-7-22)24-11-20(17-31)12-25(14-24)28-32-26-10-3-19(16-30)13-27(26)33-28/h1-14H. The van der Waals surface area contributed by atoms with Gasteiger partial charge in [0.15, 0.2) is 0 Å². The fourth-order valence-corrected chi connectivity index (χ4v) is 4.68. The first kappa shape index (κ1) is 20.2. The molecule has 0 bridgehead atoms. The summed E-state index contributed by atoms with van der Waals surface area (Å²) in [7, 11) is 0. The van der Waals surface area contributed by atoms with Gasteiger partial charge in [0.25, 0.3) is 0 Å². The highest BCUT2D eigenvalue weighted by atomic mass is 32.1. The maximum Gasteiger partial charge on any atom is 0.124 e. The number of fused-ring (bicyclic) bond motifs is 1.